The summed E-state index contributed by atoms with van der Waals surface area (Å²) < 4.78 is 5.71. The van der Waals surface area contributed by atoms with Crippen molar-refractivity contribution in [3.8, 4) is 0 Å². The van der Waals surface area contributed by atoms with Gasteiger partial charge in [-0.3, -0.25) is 4.90 Å². The lowest BCUT2D eigenvalue weighted by molar-refractivity contribution is 0.0825. The Hall–Kier alpha value is -0.610. The average molecular weight is 311 g/mol. The maximum Gasteiger partial charge on any atom is 0.0726 e. The molecule has 1 aliphatic heterocycles. The summed E-state index contributed by atoms with van der Waals surface area (Å²) in [6.45, 7) is 7.37. The van der Waals surface area contributed by atoms with E-state index in [-0.39, 0.29) is 0 Å². The van der Waals surface area contributed by atoms with Crippen LogP contribution in [0.5, 0.6) is 0 Å². The lowest BCUT2D eigenvalue weighted by atomic mass is 10.1. The van der Waals surface area contributed by atoms with Crippen LogP contribution in [-0.4, -0.2) is 43.8 Å². The summed E-state index contributed by atoms with van der Waals surface area (Å²) in [5.74, 6) is 0. The van der Waals surface area contributed by atoms with E-state index < -0.39 is 0 Å². The van der Waals surface area contributed by atoms with Gasteiger partial charge in [0.05, 0.1) is 6.10 Å². The molecule has 0 radical (unpaired) electrons. The molecule has 0 spiro atoms. The third kappa shape index (κ3) is 4.96. The predicted molar refractivity (Wildman–Crippen MR) is 88.9 cm³/mol. The molecule has 0 amide bonds. The Bertz CT molecular complexity index is 417. The van der Waals surface area contributed by atoms with Crippen molar-refractivity contribution in [2.45, 2.75) is 44.9 Å². The fourth-order valence-electron chi connectivity index (χ4n) is 2.79. The molecule has 3 unspecified atom stereocenters. The van der Waals surface area contributed by atoms with Crippen molar-refractivity contribution >= 4 is 11.6 Å². The zero-order chi connectivity index (χ0) is 15.2. The molecule has 0 aliphatic carbocycles. The second kappa shape index (κ2) is 8.14. The molecule has 0 bridgehead atoms. The number of benzene rings is 1. The minimum atomic E-state index is 0.391. The lowest BCUT2D eigenvalue weighted by Crippen LogP contribution is -2.41. The third-order valence-electron chi connectivity index (χ3n) is 4.47. The molecular formula is C17H27ClN2O. The normalized spacial score (nSPS) is 21.7. The van der Waals surface area contributed by atoms with Crippen molar-refractivity contribution in [1.29, 1.82) is 0 Å². The Morgan fingerprint density at radius 1 is 1.33 bits per heavy atom. The smallest absolute Gasteiger partial charge is 0.0726 e. The van der Waals surface area contributed by atoms with Crippen LogP contribution in [0.15, 0.2) is 24.3 Å². The molecule has 118 valence electrons. The van der Waals surface area contributed by atoms with Gasteiger partial charge in [-0.1, -0.05) is 23.7 Å². The first-order valence-corrected chi connectivity index (χ1v) is 8.26. The molecule has 21 heavy (non-hydrogen) atoms. The summed E-state index contributed by atoms with van der Waals surface area (Å²) >= 11 is 5.94. The van der Waals surface area contributed by atoms with Gasteiger partial charge < -0.3 is 10.1 Å². The summed E-state index contributed by atoms with van der Waals surface area (Å²) in [4.78, 5) is 2.36. The summed E-state index contributed by atoms with van der Waals surface area (Å²) in [5.41, 5.74) is 1.30. The van der Waals surface area contributed by atoms with Gasteiger partial charge >= 0.3 is 0 Å². The highest BCUT2D eigenvalue weighted by Gasteiger charge is 2.21. The standard InChI is InChI=1S/C17H27ClN2O/c1-13(17-5-4-12-21-17)19-10-11-20(3)14(2)15-6-8-16(18)9-7-15/h6-9,13-14,17,19H,4-5,10-12H2,1-3H3. The number of hydrogen-bond donors (Lipinski definition) is 1. The first kappa shape index (κ1) is 16.8. The fraction of sp³-hybridized carbons (Fsp3) is 0.647. The van der Waals surface area contributed by atoms with E-state index in [1.807, 2.05) is 12.1 Å². The molecule has 1 aromatic rings. The number of halogens is 1. The molecule has 4 heteroatoms. The number of nitrogens with one attached hydrogen (secondary N) is 1. The van der Waals surface area contributed by atoms with Crippen LogP contribution in [0.2, 0.25) is 5.02 Å². The Labute approximate surface area is 133 Å². The highest BCUT2D eigenvalue weighted by Crippen LogP contribution is 2.20. The zero-order valence-corrected chi connectivity index (χ0v) is 14.1. The maximum absolute atomic E-state index is 5.94. The van der Waals surface area contributed by atoms with E-state index in [0.717, 1.165) is 24.7 Å². The van der Waals surface area contributed by atoms with Gasteiger partial charge in [0, 0.05) is 36.8 Å². The molecule has 1 aliphatic rings. The van der Waals surface area contributed by atoms with E-state index in [0.29, 0.717) is 18.2 Å². The molecule has 0 aromatic heterocycles. The number of rotatable bonds is 7. The molecule has 1 aromatic carbocycles. The average Bonchev–Trinajstić information content (AvgIpc) is 3.01. The second-order valence-corrected chi connectivity index (χ2v) is 6.44. The topological polar surface area (TPSA) is 24.5 Å². The van der Waals surface area contributed by atoms with Gasteiger partial charge in [-0.25, -0.2) is 0 Å². The van der Waals surface area contributed by atoms with Crippen molar-refractivity contribution in [1.82, 2.24) is 10.2 Å². The molecule has 1 fully saturated rings. The Morgan fingerprint density at radius 3 is 2.67 bits per heavy atom. The second-order valence-electron chi connectivity index (χ2n) is 6.00. The summed E-state index contributed by atoms with van der Waals surface area (Å²) in [5, 5.41) is 4.38. The van der Waals surface area contributed by atoms with Crippen LogP contribution < -0.4 is 5.32 Å². The summed E-state index contributed by atoms with van der Waals surface area (Å²) in [6, 6.07) is 8.95. The van der Waals surface area contributed by atoms with Crippen molar-refractivity contribution < 1.29 is 4.74 Å². The van der Waals surface area contributed by atoms with Crippen LogP contribution in [0.4, 0.5) is 0 Å². The largest absolute Gasteiger partial charge is 0.377 e. The molecule has 3 nitrogen and oxygen atoms in total. The van der Waals surface area contributed by atoms with Crippen LogP contribution in [0, 0.1) is 0 Å². The zero-order valence-electron chi connectivity index (χ0n) is 13.3. The van der Waals surface area contributed by atoms with Gasteiger partial charge in [-0.2, -0.15) is 0 Å². The van der Waals surface area contributed by atoms with E-state index in [2.05, 4.69) is 43.2 Å². The van der Waals surface area contributed by atoms with Crippen LogP contribution in [0.25, 0.3) is 0 Å². The van der Waals surface area contributed by atoms with Crippen LogP contribution in [-0.2, 0) is 4.74 Å². The van der Waals surface area contributed by atoms with E-state index in [9.17, 15) is 0 Å². The van der Waals surface area contributed by atoms with Crippen LogP contribution >= 0.6 is 11.6 Å². The van der Waals surface area contributed by atoms with Gasteiger partial charge in [0.1, 0.15) is 0 Å². The molecule has 2 rings (SSSR count). The Morgan fingerprint density at radius 2 is 2.05 bits per heavy atom. The first-order valence-electron chi connectivity index (χ1n) is 7.88. The molecule has 3 atom stereocenters. The van der Waals surface area contributed by atoms with E-state index >= 15 is 0 Å². The SMILES string of the molecule is CC(NCCN(C)C(C)c1ccc(Cl)cc1)C1CCCO1. The number of ether oxygens (including phenoxy) is 1. The van der Waals surface area contributed by atoms with E-state index in [4.69, 9.17) is 16.3 Å². The summed E-state index contributed by atoms with van der Waals surface area (Å²) in [7, 11) is 2.16. The van der Waals surface area contributed by atoms with E-state index in [1.54, 1.807) is 0 Å². The van der Waals surface area contributed by atoms with Crippen LogP contribution in [0.1, 0.15) is 38.3 Å². The maximum atomic E-state index is 5.94. The van der Waals surface area contributed by atoms with Gasteiger partial charge in [-0.05, 0) is 51.4 Å². The Kier molecular flexibility index (Phi) is 6.49. The van der Waals surface area contributed by atoms with Crippen LogP contribution in [0.3, 0.4) is 0 Å². The van der Waals surface area contributed by atoms with Gasteiger partial charge in [0.2, 0.25) is 0 Å². The molecule has 1 N–H and O–H groups in total. The fourth-order valence-corrected chi connectivity index (χ4v) is 2.91. The van der Waals surface area contributed by atoms with Gasteiger partial charge in [0.25, 0.3) is 0 Å². The highest BCUT2D eigenvalue weighted by molar-refractivity contribution is 6.30. The van der Waals surface area contributed by atoms with Crippen molar-refractivity contribution in [3.05, 3.63) is 34.9 Å². The highest BCUT2D eigenvalue weighted by atomic mass is 35.5. The monoisotopic (exact) mass is 310 g/mol. The molecule has 1 heterocycles. The quantitative estimate of drug-likeness (QED) is 0.834. The predicted octanol–water partition coefficient (Wildman–Crippen LogP) is 3.49. The lowest BCUT2D eigenvalue weighted by Gasteiger charge is -2.27. The minimum absolute atomic E-state index is 0.391. The first-order chi connectivity index (χ1) is 10.1. The van der Waals surface area contributed by atoms with Crippen molar-refractivity contribution in [3.63, 3.8) is 0 Å². The van der Waals surface area contributed by atoms with Crippen molar-refractivity contribution in [2.24, 2.45) is 0 Å². The molecular weight excluding hydrogens is 284 g/mol. The number of likely N-dealkylation sites (N-methyl/N-ethyl adjacent to an activating group) is 1. The van der Waals surface area contributed by atoms with Gasteiger partial charge in [0.15, 0.2) is 0 Å². The molecule has 1 saturated heterocycles. The third-order valence-corrected chi connectivity index (χ3v) is 4.72. The van der Waals surface area contributed by atoms with Gasteiger partial charge in [-0.15, -0.1) is 0 Å². The number of hydrogen-bond acceptors (Lipinski definition) is 3. The minimum Gasteiger partial charge on any atom is -0.377 e. The molecule has 0 saturated carbocycles. The summed E-state index contributed by atoms with van der Waals surface area (Å²) in [6.07, 6.45) is 2.78. The Balaban J connectivity index is 1.73. The number of nitrogens with zero attached hydrogens (tertiary/aromatic N) is 1. The van der Waals surface area contributed by atoms with Crippen molar-refractivity contribution in [2.75, 3.05) is 26.7 Å². The van der Waals surface area contributed by atoms with E-state index in [1.165, 1.54) is 18.4 Å².